The first-order valence-corrected chi connectivity index (χ1v) is 7.59. The number of para-hydroxylation sites is 1. The van der Waals surface area contributed by atoms with Crippen molar-refractivity contribution in [3.8, 4) is 0 Å². The van der Waals surface area contributed by atoms with Gasteiger partial charge in [-0.2, -0.15) is 0 Å². The molecule has 0 saturated heterocycles. The lowest BCUT2D eigenvalue weighted by Gasteiger charge is -2.29. The van der Waals surface area contributed by atoms with Crippen molar-refractivity contribution in [3.05, 3.63) is 42.5 Å². The number of carbonyl (C=O) groups excluding carboxylic acids is 1. The maximum absolute atomic E-state index is 11.5. The minimum Gasteiger partial charge on any atom is -0.450 e. The van der Waals surface area contributed by atoms with Gasteiger partial charge in [-0.1, -0.05) is 23.9 Å². The third-order valence-electron chi connectivity index (χ3n) is 3.29. The predicted molar refractivity (Wildman–Crippen MR) is 85.7 cm³/mol. The number of carbonyl (C=O) groups is 1. The van der Waals surface area contributed by atoms with Crippen LogP contribution in [0.3, 0.4) is 0 Å². The molecule has 0 radical (unpaired) electrons. The molecular weight excluding hydrogens is 284 g/mol. The quantitative estimate of drug-likeness (QED) is 0.887. The Morgan fingerprint density at radius 3 is 2.76 bits per heavy atom. The second-order valence-electron chi connectivity index (χ2n) is 4.66. The zero-order valence-corrected chi connectivity index (χ0v) is 12.7. The summed E-state index contributed by atoms with van der Waals surface area (Å²) in [5, 5.41) is 2.74. The van der Waals surface area contributed by atoms with Crippen LogP contribution in [0, 0.1) is 0 Å². The normalized spacial score (nSPS) is 12.4. The lowest BCUT2D eigenvalue weighted by molar-refractivity contribution is 0.168. The summed E-state index contributed by atoms with van der Waals surface area (Å²) < 4.78 is 4.90. The van der Waals surface area contributed by atoms with Crippen LogP contribution < -0.4 is 10.2 Å². The lowest BCUT2D eigenvalue weighted by Crippen LogP contribution is -2.16. The van der Waals surface area contributed by atoms with Gasteiger partial charge in [-0.05, 0) is 37.3 Å². The molecule has 5 heteroatoms. The largest absolute Gasteiger partial charge is 0.450 e. The van der Waals surface area contributed by atoms with Crippen LogP contribution in [0.1, 0.15) is 6.92 Å². The molecule has 0 aromatic heterocycles. The van der Waals surface area contributed by atoms with Crippen molar-refractivity contribution >= 4 is 34.9 Å². The highest BCUT2D eigenvalue weighted by Crippen LogP contribution is 2.47. The average Bonchev–Trinajstić information content (AvgIpc) is 2.47. The van der Waals surface area contributed by atoms with Crippen LogP contribution in [0.25, 0.3) is 0 Å². The summed E-state index contributed by atoms with van der Waals surface area (Å²) in [5.74, 6) is 0. The molecule has 1 aliphatic heterocycles. The predicted octanol–water partition coefficient (Wildman–Crippen LogP) is 4.49. The molecule has 0 atom stereocenters. The van der Waals surface area contributed by atoms with Gasteiger partial charge >= 0.3 is 6.09 Å². The maximum Gasteiger partial charge on any atom is 0.411 e. The van der Waals surface area contributed by atoms with Crippen LogP contribution in [0.15, 0.2) is 52.3 Å². The summed E-state index contributed by atoms with van der Waals surface area (Å²) in [6.45, 7) is 2.15. The number of hydrogen-bond donors (Lipinski definition) is 1. The maximum atomic E-state index is 11.5. The van der Waals surface area contributed by atoms with E-state index < -0.39 is 6.09 Å². The van der Waals surface area contributed by atoms with Crippen LogP contribution in [0.4, 0.5) is 21.9 Å². The second-order valence-corrected chi connectivity index (χ2v) is 5.74. The van der Waals surface area contributed by atoms with Crippen LogP contribution >= 0.6 is 11.8 Å². The van der Waals surface area contributed by atoms with Gasteiger partial charge in [0.1, 0.15) is 0 Å². The minimum absolute atomic E-state index is 0.363. The molecule has 0 unspecified atom stereocenters. The van der Waals surface area contributed by atoms with E-state index in [9.17, 15) is 4.79 Å². The van der Waals surface area contributed by atoms with Crippen molar-refractivity contribution in [2.24, 2.45) is 0 Å². The smallest absolute Gasteiger partial charge is 0.411 e. The average molecular weight is 300 g/mol. The summed E-state index contributed by atoms with van der Waals surface area (Å²) in [5.41, 5.74) is 3.07. The first-order chi connectivity index (χ1) is 10.2. The van der Waals surface area contributed by atoms with Crippen molar-refractivity contribution < 1.29 is 9.53 Å². The fourth-order valence-corrected chi connectivity index (χ4v) is 3.49. The van der Waals surface area contributed by atoms with Crippen LogP contribution in [0.5, 0.6) is 0 Å². The van der Waals surface area contributed by atoms with E-state index in [1.165, 1.54) is 10.6 Å². The molecule has 1 amide bonds. The molecule has 4 nitrogen and oxygen atoms in total. The number of anilines is 3. The van der Waals surface area contributed by atoms with Crippen molar-refractivity contribution in [2.45, 2.75) is 16.7 Å². The number of nitrogens with zero attached hydrogens (tertiary/aromatic N) is 1. The van der Waals surface area contributed by atoms with Gasteiger partial charge < -0.3 is 9.64 Å². The van der Waals surface area contributed by atoms with Crippen LogP contribution in [-0.2, 0) is 4.74 Å². The number of nitrogens with one attached hydrogen (secondary N) is 1. The van der Waals surface area contributed by atoms with E-state index in [1.54, 1.807) is 18.7 Å². The summed E-state index contributed by atoms with van der Waals surface area (Å²) in [6, 6.07) is 14.2. The Bertz CT molecular complexity index is 688. The highest BCUT2D eigenvalue weighted by atomic mass is 32.2. The molecule has 0 saturated carbocycles. The fourth-order valence-electron chi connectivity index (χ4n) is 2.30. The standard InChI is InChI=1S/C16H16N2O2S/c1-3-20-16(19)17-11-8-9-13-15(10-11)21-14-7-5-4-6-12(14)18(13)2/h4-10H,3H2,1-2H3,(H,17,19). The third kappa shape index (κ3) is 2.69. The Kier molecular flexibility index (Phi) is 3.75. The van der Waals surface area contributed by atoms with Crippen molar-refractivity contribution in [1.82, 2.24) is 0 Å². The molecular formula is C16H16N2O2S. The molecule has 2 aromatic carbocycles. The monoisotopic (exact) mass is 300 g/mol. The minimum atomic E-state index is -0.424. The SMILES string of the molecule is CCOC(=O)Nc1ccc2c(c1)Sc1ccccc1N2C. The Hall–Kier alpha value is -2.14. The van der Waals surface area contributed by atoms with Gasteiger partial charge in [0.25, 0.3) is 0 Å². The lowest BCUT2D eigenvalue weighted by atomic mass is 10.2. The summed E-state index contributed by atoms with van der Waals surface area (Å²) in [6.07, 6.45) is -0.424. The zero-order valence-electron chi connectivity index (χ0n) is 11.9. The van der Waals surface area contributed by atoms with Gasteiger partial charge in [0.05, 0.1) is 18.0 Å². The van der Waals surface area contributed by atoms with Gasteiger partial charge in [0, 0.05) is 22.5 Å². The molecule has 0 bridgehead atoms. The van der Waals surface area contributed by atoms with E-state index in [4.69, 9.17) is 4.74 Å². The Morgan fingerprint density at radius 1 is 1.19 bits per heavy atom. The van der Waals surface area contributed by atoms with Crippen LogP contribution in [-0.4, -0.2) is 19.7 Å². The van der Waals surface area contributed by atoms with E-state index in [1.807, 2.05) is 30.3 Å². The van der Waals surface area contributed by atoms with E-state index in [0.29, 0.717) is 6.61 Å². The first kappa shape index (κ1) is 13.8. The number of ether oxygens (including phenoxy) is 1. The topological polar surface area (TPSA) is 41.6 Å². The Labute approximate surface area is 128 Å². The number of fused-ring (bicyclic) bond motifs is 2. The molecule has 21 heavy (non-hydrogen) atoms. The molecule has 1 heterocycles. The molecule has 108 valence electrons. The highest BCUT2D eigenvalue weighted by Gasteiger charge is 2.20. The van der Waals surface area contributed by atoms with Crippen LogP contribution in [0.2, 0.25) is 0 Å². The Morgan fingerprint density at radius 2 is 1.95 bits per heavy atom. The van der Waals surface area contributed by atoms with Gasteiger partial charge in [-0.25, -0.2) is 4.79 Å². The molecule has 3 rings (SSSR count). The molecule has 0 spiro atoms. The van der Waals surface area contributed by atoms with Crippen molar-refractivity contribution in [3.63, 3.8) is 0 Å². The van der Waals surface area contributed by atoms with Gasteiger partial charge in [-0.15, -0.1) is 0 Å². The molecule has 0 aliphatic carbocycles. The molecule has 1 N–H and O–H groups in total. The fraction of sp³-hybridized carbons (Fsp3) is 0.188. The second kappa shape index (κ2) is 5.69. The van der Waals surface area contributed by atoms with Gasteiger partial charge in [-0.3, -0.25) is 5.32 Å². The summed E-state index contributed by atoms with van der Waals surface area (Å²) in [4.78, 5) is 16.0. The summed E-state index contributed by atoms with van der Waals surface area (Å²) in [7, 11) is 2.05. The highest BCUT2D eigenvalue weighted by molar-refractivity contribution is 7.99. The molecule has 1 aliphatic rings. The zero-order chi connectivity index (χ0) is 14.8. The Balaban J connectivity index is 1.89. The van der Waals surface area contributed by atoms with E-state index in [-0.39, 0.29) is 0 Å². The molecule has 2 aromatic rings. The van der Waals surface area contributed by atoms with Gasteiger partial charge in [0.2, 0.25) is 0 Å². The number of hydrogen-bond acceptors (Lipinski definition) is 4. The van der Waals surface area contributed by atoms with Gasteiger partial charge in [0.15, 0.2) is 0 Å². The van der Waals surface area contributed by atoms with E-state index in [0.717, 1.165) is 16.3 Å². The number of amides is 1. The summed E-state index contributed by atoms with van der Waals surface area (Å²) >= 11 is 1.71. The number of rotatable bonds is 2. The number of benzene rings is 2. The first-order valence-electron chi connectivity index (χ1n) is 6.77. The third-order valence-corrected chi connectivity index (χ3v) is 4.40. The molecule has 0 fully saturated rings. The van der Waals surface area contributed by atoms with Crippen molar-refractivity contribution in [2.75, 3.05) is 23.9 Å². The van der Waals surface area contributed by atoms with E-state index in [2.05, 4.69) is 29.4 Å². The van der Waals surface area contributed by atoms with E-state index >= 15 is 0 Å². The van der Waals surface area contributed by atoms with Crippen molar-refractivity contribution in [1.29, 1.82) is 0 Å².